The van der Waals surface area contributed by atoms with Crippen LogP contribution in [-0.2, 0) is 4.79 Å². The van der Waals surface area contributed by atoms with Crippen molar-refractivity contribution in [2.24, 2.45) is 0 Å². The van der Waals surface area contributed by atoms with Crippen LogP contribution in [-0.4, -0.2) is 23.2 Å². The SMILES string of the molecule is C[C@H](Sc1ccc(F)cc1F)C(=O)NC(=O)NC1CCCC1. The number of carbonyl (C=O) groups is 2. The van der Waals surface area contributed by atoms with Crippen LogP contribution in [0.3, 0.4) is 0 Å². The van der Waals surface area contributed by atoms with E-state index >= 15 is 0 Å². The maximum Gasteiger partial charge on any atom is 0.321 e. The molecule has 22 heavy (non-hydrogen) atoms. The highest BCUT2D eigenvalue weighted by molar-refractivity contribution is 8.00. The van der Waals surface area contributed by atoms with E-state index in [1.165, 1.54) is 6.07 Å². The Kier molecular flexibility index (Phi) is 5.76. The fourth-order valence-electron chi connectivity index (χ4n) is 2.32. The molecular formula is C15H18F2N2O2S. The Labute approximate surface area is 132 Å². The van der Waals surface area contributed by atoms with E-state index in [-0.39, 0.29) is 10.9 Å². The van der Waals surface area contributed by atoms with Crippen molar-refractivity contribution in [3.63, 3.8) is 0 Å². The van der Waals surface area contributed by atoms with Gasteiger partial charge in [-0.1, -0.05) is 12.8 Å². The first kappa shape index (κ1) is 16.7. The molecular weight excluding hydrogens is 310 g/mol. The fraction of sp³-hybridized carbons (Fsp3) is 0.467. The Morgan fingerprint density at radius 1 is 1.27 bits per heavy atom. The van der Waals surface area contributed by atoms with E-state index in [4.69, 9.17) is 0 Å². The van der Waals surface area contributed by atoms with Crippen LogP contribution >= 0.6 is 11.8 Å². The summed E-state index contributed by atoms with van der Waals surface area (Å²) in [5.74, 6) is -1.90. The second kappa shape index (κ2) is 7.58. The van der Waals surface area contributed by atoms with Gasteiger partial charge in [0.25, 0.3) is 0 Å². The average Bonchev–Trinajstić information content (AvgIpc) is 2.94. The first-order valence-electron chi connectivity index (χ1n) is 7.19. The third-order valence-electron chi connectivity index (χ3n) is 3.49. The minimum Gasteiger partial charge on any atom is -0.335 e. The van der Waals surface area contributed by atoms with E-state index < -0.39 is 28.8 Å². The van der Waals surface area contributed by atoms with Crippen LogP contribution < -0.4 is 10.6 Å². The zero-order valence-electron chi connectivity index (χ0n) is 12.2. The number of imide groups is 1. The molecule has 0 heterocycles. The van der Waals surface area contributed by atoms with Crippen molar-refractivity contribution < 1.29 is 18.4 Å². The molecule has 0 spiro atoms. The smallest absolute Gasteiger partial charge is 0.321 e. The molecule has 7 heteroatoms. The predicted octanol–water partition coefficient (Wildman–Crippen LogP) is 3.21. The number of carbonyl (C=O) groups excluding carboxylic acids is 2. The Bertz CT molecular complexity index is 562. The van der Waals surface area contributed by atoms with Crippen LogP contribution in [0.4, 0.5) is 13.6 Å². The fourth-order valence-corrected chi connectivity index (χ4v) is 3.18. The molecule has 0 unspecified atom stereocenters. The van der Waals surface area contributed by atoms with Crippen molar-refractivity contribution in [2.75, 3.05) is 0 Å². The molecule has 2 rings (SSSR count). The summed E-state index contributed by atoms with van der Waals surface area (Å²) in [5.41, 5.74) is 0. The lowest BCUT2D eigenvalue weighted by atomic mass is 10.2. The number of rotatable bonds is 4. The van der Waals surface area contributed by atoms with Gasteiger partial charge in [0, 0.05) is 17.0 Å². The summed E-state index contributed by atoms with van der Waals surface area (Å²) in [6.45, 7) is 1.56. The quantitative estimate of drug-likeness (QED) is 0.835. The number of hydrogen-bond acceptors (Lipinski definition) is 3. The summed E-state index contributed by atoms with van der Waals surface area (Å²) in [7, 11) is 0. The van der Waals surface area contributed by atoms with Gasteiger partial charge in [0.05, 0.1) is 5.25 Å². The van der Waals surface area contributed by atoms with Crippen molar-refractivity contribution in [3.8, 4) is 0 Å². The number of urea groups is 1. The maximum absolute atomic E-state index is 13.5. The van der Waals surface area contributed by atoms with E-state index in [1.807, 2.05) is 0 Å². The molecule has 1 aliphatic carbocycles. The largest absolute Gasteiger partial charge is 0.335 e. The van der Waals surface area contributed by atoms with Crippen molar-refractivity contribution in [3.05, 3.63) is 29.8 Å². The minimum absolute atomic E-state index is 0.116. The summed E-state index contributed by atoms with van der Waals surface area (Å²) in [5, 5.41) is 4.32. The minimum atomic E-state index is -0.722. The zero-order valence-corrected chi connectivity index (χ0v) is 13.0. The first-order valence-corrected chi connectivity index (χ1v) is 8.06. The van der Waals surface area contributed by atoms with Crippen molar-refractivity contribution in [1.29, 1.82) is 0 Å². The van der Waals surface area contributed by atoms with Gasteiger partial charge in [0.15, 0.2) is 0 Å². The van der Waals surface area contributed by atoms with Crippen LogP contribution in [0.2, 0.25) is 0 Å². The maximum atomic E-state index is 13.5. The third-order valence-corrected chi connectivity index (χ3v) is 4.65. The van der Waals surface area contributed by atoms with Crippen LogP contribution in [0.15, 0.2) is 23.1 Å². The van der Waals surface area contributed by atoms with Crippen LogP contribution in [0.1, 0.15) is 32.6 Å². The van der Waals surface area contributed by atoms with Gasteiger partial charge in [-0.25, -0.2) is 13.6 Å². The second-order valence-electron chi connectivity index (χ2n) is 5.28. The van der Waals surface area contributed by atoms with Crippen LogP contribution in [0, 0.1) is 11.6 Å². The van der Waals surface area contributed by atoms with Gasteiger partial charge in [-0.3, -0.25) is 10.1 Å². The van der Waals surface area contributed by atoms with Gasteiger partial charge in [0.1, 0.15) is 11.6 Å². The number of thioether (sulfide) groups is 1. The molecule has 0 aromatic heterocycles. The molecule has 1 fully saturated rings. The van der Waals surface area contributed by atoms with Gasteiger partial charge < -0.3 is 5.32 Å². The lowest BCUT2D eigenvalue weighted by Crippen LogP contribution is -2.45. The summed E-state index contributed by atoms with van der Waals surface area (Å²) in [6.07, 6.45) is 4.00. The summed E-state index contributed by atoms with van der Waals surface area (Å²) in [6, 6.07) is 2.76. The second-order valence-corrected chi connectivity index (χ2v) is 6.66. The van der Waals surface area contributed by atoms with Gasteiger partial charge in [0.2, 0.25) is 5.91 Å². The normalized spacial score (nSPS) is 16.3. The van der Waals surface area contributed by atoms with E-state index in [0.717, 1.165) is 49.6 Å². The lowest BCUT2D eigenvalue weighted by Gasteiger charge is -2.15. The Morgan fingerprint density at radius 3 is 2.59 bits per heavy atom. The van der Waals surface area contributed by atoms with Gasteiger partial charge in [-0.15, -0.1) is 11.8 Å². The molecule has 120 valence electrons. The van der Waals surface area contributed by atoms with E-state index in [2.05, 4.69) is 10.6 Å². The summed E-state index contributed by atoms with van der Waals surface area (Å²) in [4.78, 5) is 23.8. The monoisotopic (exact) mass is 328 g/mol. The highest BCUT2D eigenvalue weighted by Crippen LogP contribution is 2.26. The van der Waals surface area contributed by atoms with E-state index in [9.17, 15) is 18.4 Å². The molecule has 1 aromatic rings. The van der Waals surface area contributed by atoms with Gasteiger partial charge >= 0.3 is 6.03 Å². The molecule has 1 atom stereocenters. The number of amides is 3. The number of nitrogens with one attached hydrogen (secondary N) is 2. The number of benzene rings is 1. The molecule has 1 aliphatic rings. The Morgan fingerprint density at radius 2 is 1.95 bits per heavy atom. The predicted molar refractivity (Wildman–Crippen MR) is 80.6 cm³/mol. The van der Waals surface area contributed by atoms with Gasteiger partial charge in [-0.05, 0) is 31.9 Å². The van der Waals surface area contributed by atoms with Crippen LogP contribution in [0.25, 0.3) is 0 Å². The molecule has 1 saturated carbocycles. The van der Waals surface area contributed by atoms with Crippen molar-refractivity contribution in [1.82, 2.24) is 10.6 Å². The molecule has 4 nitrogen and oxygen atoms in total. The standard InChI is InChI=1S/C15H18F2N2O2S/c1-9(22-13-7-6-10(16)8-12(13)17)14(20)19-15(21)18-11-4-2-3-5-11/h6-9,11H,2-5H2,1H3,(H2,18,19,20,21)/t9-/m0/s1. The average molecular weight is 328 g/mol. The molecule has 2 N–H and O–H groups in total. The molecule has 0 saturated heterocycles. The van der Waals surface area contributed by atoms with Crippen molar-refractivity contribution in [2.45, 2.75) is 48.8 Å². The zero-order chi connectivity index (χ0) is 16.1. The first-order chi connectivity index (χ1) is 10.5. The molecule has 0 aliphatic heterocycles. The van der Waals surface area contributed by atoms with Gasteiger partial charge in [-0.2, -0.15) is 0 Å². The molecule has 3 amide bonds. The van der Waals surface area contributed by atoms with Crippen molar-refractivity contribution >= 4 is 23.7 Å². The molecule has 0 bridgehead atoms. The molecule has 0 radical (unpaired) electrons. The topological polar surface area (TPSA) is 58.2 Å². The van der Waals surface area contributed by atoms with E-state index in [0.29, 0.717) is 0 Å². The highest BCUT2D eigenvalue weighted by Gasteiger charge is 2.21. The summed E-state index contributed by atoms with van der Waals surface area (Å²) < 4.78 is 26.4. The van der Waals surface area contributed by atoms with E-state index in [1.54, 1.807) is 6.92 Å². The molecule has 1 aromatic carbocycles. The Hall–Kier alpha value is -1.63. The third kappa shape index (κ3) is 4.69. The highest BCUT2D eigenvalue weighted by atomic mass is 32.2. The number of hydrogen-bond donors (Lipinski definition) is 2. The number of halogens is 2. The lowest BCUT2D eigenvalue weighted by molar-refractivity contribution is -0.119. The van der Waals surface area contributed by atoms with Crippen LogP contribution in [0.5, 0.6) is 0 Å². The summed E-state index contributed by atoms with van der Waals surface area (Å²) >= 11 is 0.938. The Balaban J connectivity index is 1.84.